The van der Waals surface area contributed by atoms with E-state index in [1.807, 2.05) is 12.4 Å². The smallest absolute Gasteiger partial charge is 0.349 e. The molecule has 5 heteroatoms. The summed E-state index contributed by atoms with van der Waals surface area (Å²) >= 11 is 0. The van der Waals surface area contributed by atoms with Crippen molar-refractivity contribution < 1.29 is 19.5 Å². The first kappa shape index (κ1) is 14.0. The molecule has 0 aliphatic heterocycles. The Balaban J connectivity index is 0.000000245. The van der Waals surface area contributed by atoms with Gasteiger partial charge in [-0.1, -0.05) is 13.8 Å². The number of aromatic nitrogens is 4. The number of rotatable bonds is 2. The summed E-state index contributed by atoms with van der Waals surface area (Å²) in [6, 6.07) is 0. The summed E-state index contributed by atoms with van der Waals surface area (Å²) in [6.45, 7) is 4.14. The van der Waals surface area contributed by atoms with E-state index in [2.05, 4.69) is 33.8 Å². The van der Waals surface area contributed by atoms with Crippen LogP contribution in [0.15, 0.2) is 24.8 Å². The Labute approximate surface area is 103 Å². The molecular weight excluding hydrogens is 242 g/mol. The fourth-order valence-corrected chi connectivity index (χ4v) is 0.983. The Morgan fingerprint density at radius 1 is 0.933 bits per heavy atom. The molecule has 0 saturated heterocycles. The van der Waals surface area contributed by atoms with Gasteiger partial charge >= 0.3 is 19.5 Å². The maximum atomic E-state index is 3.98. The Morgan fingerprint density at radius 3 is 1.47 bits per heavy atom. The number of nitrogens with zero attached hydrogens (tertiary/aromatic N) is 2. The van der Waals surface area contributed by atoms with E-state index in [-0.39, 0.29) is 19.5 Å². The molecule has 2 aromatic rings. The molecule has 2 N–H and O–H groups in total. The zero-order chi connectivity index (χ0) is 10.2. The second-order valence-electron chi connectivity index (χ2n) is 2.78. The summed E-state index contributed by atoms with van der Waals surface area (Å²) < 4.78 is 0. The molecule has 0 unspecified atom stereocenters. The summed E-state index contributed by atoms with van der Waals surface area (Å²) in [4.78, 5) is 13.9. The fraction of sp³-hybridized carbons (Fsp3) is 0.400. The van der Waals surface area contributed by atoms with Crippen LogP contribution in [0.2, 0.25) is 0 Å². The first-order valence-electron chi connectivity index (χ1n) is 4.83. The molecule has 4 nitrogen and oxygen atoms in total. The summed E-state index contributed by atoms with van der Waals surface area (Å²) in [5, 5.41) is 0. The van der Waals surface area contributed by atoms with E-state index < -0.39 is 0 Å². The number of aryl methyl sites for hydroxylation is 2. The largest absolute Gasteiger partial charge is 2.00 e. The maximum Gasteiger partial charge on any atom is 2.00 e. The van der Waals surface area contributed by atoms with Gasteiger partial charge in [0.2, 0.25) is 0 Å². The van der Waals surface area contributed by atoms with Gasteiger partial charge in [0.15, 0.2) is 0 Å². The quantitative estimate of drug-likeness (QED) is 0.808. The third-order valence-corrected chi connectivity index (χ3v) is 1.78. The standard InChI is InChI=1S/2C5H8N2.Zn/c2*1-2-5-6-3-4-7-5;/h2*3-4H,2H2,1H3,(H,6,7);/q;;+2. The van der Waals surface area contributed by atoms with Crippen molar-refractivity contribution in [3.63, 3.8) is 0 Å². The van der Waals surface area contributed by atoms with Gasteiger partial charge in [0, 0.05) is 37.6 Å². The van der Waals surface area contributed by atoms with E-state index in [1.165, 1.54) is 0 Å². The summed E-state index contributed by atoms with van der Waals surface area (Å²) in [7, 11) is 0. The molecule has 0 radical (unpaired) electrons. The van der Waals surface area contributed by atoms with Gasteiger partial charge in [0.05, 0.1) is 0 Å². The van der Waals surface area contributed by atoms with Crippen LogP contribution in [0.1, 0.15) is 25.5 Å². The monoisotopic (exact) mass is 256 g/mol. The normalized spacial score (nSPS) is 8.67. The van der Waals surface area contributed by atoms with Crippen LogP contribution in [0.5, 0.6) is 0 Å². The predicted molar refractivity (Wildman–Crippen MR) is 55.9 cm³/mol. The van der Waals surface area contributed by atoms with E-state index in [0.29, 0.717) is 0 Å². The van der Waals surface area contributed by atoms with Gasteiger partial charge < -0.3 is 9.97 Å². The molecule has 76 valence electrons. The molecule has 15 heavy (non-hydrogen) atoms. The molecule has 0 spiro atoms. The zero-order valence-corrected chi connectivity index (χ0v) is 12.3. The number of nitrogens with one attached hydrogen (secondary N) is 2. The minimum Gasteiger partial charge on any atom is -0.349 e. The fourth-order valence-electron chi connectivity index (χ4n) is 0.983. The number of hydrogen-bond donors (Lipinski definition) is 2. The second kappa shape index (κ2) is 8.36. The van der Waals surface area contributed by atoms with E-state index in [4.69, 9.17) is 0 Å². The molecule has 0 bridgehead atoms. The first-order chi connectivity index (χ1) is 6.86. The van der Waals surface area contributed by atoms with Crippen LogP contribution in [0.4, 0.5) is 0 Å². The number of imidazole rings is 2. The van der Waals surface area contributed by atoms with Crippen LogP contribution in [-0.4, -0.2) is 19.9 Å². The van der Waals surface area contributed by atoms with Crippen molar-refractivity contribution in [2.75, 3.05) is 0 Å². The molecule has 0 aliphatic carbocycles. The van der Waals surface area contributed by atoms with Gasteiger partial charge in [-0.05, 0) is 0 Å². The summed E-state index contributed by atoms with van der Waals surface area (Å²) in [5.74, 6) is 2.11. The molecule has 0 saturated carbocycles. The van der Waals surface area contributed by atoms with Crippen molar-refractivity contribution in [3.8, 4) is 0 Å². The third kappa shape index (κ3) is 5.48. The maximum absolute atomic E-state index is 3.98. The Kier molecular flexibility index (Phi) is 7.83. The van der Waals surface area contributed by atoms with Gasteiger partial charge in [-0.15, -0.1) is 0 Å². The Hall–Kier alpha value is -0.957. The van der Waals surface area contributed by atoms with E-state index in [0.717, 1.165) is 24.5 Å². The molecular formula is C10H16N4Zn+2. The van der Waals surface area contributed by atoms with Crippen molar-refractivity contribution >= 4 is 0 Å². The van der Waals surface area contributed by atoms with Crippen LogP contribution >= 0.6 is 0 Å². The molecule has 2 aromatic heterocycles. The summed E-state index contributed by atoms with van der Waals surface area (Å²) in [6.07, 6.45) is 9.18. The minimum atomic E-state index is 0. The Bertz CT molecular complexity index is 281. The molecule has 0 amide bonds. The predicted octanol–water partition coefficient (Wildman–Crippen LogP) is 1.94. The van der Waals surface area contributed by atoms with E-state index in [9.17, 15) is 0 Å². The van der Waals surface area contributed by atoms with Gasteiger partial charge in [-0.2, -0.15) is 0 Å². The van der Waals surface area contributed by atoms with Crippen molar-refractivity contribution in [3.05, 3.63) is 36.4 Å². The number of hydrogen-bond acceptors (Lipinski definition) is 2. The van der Waals surface area contributed by atoms with Crippen molar-refractivity contribution in [1.82, 2.24) is 19.9 Å². The average molecular weight is 258 g/mol. The van der Waals surface area contributed by atoms with Crippen molar-refractivity contribution in [2.45, 2.75) is 26.7 Å². The van der Waals surface area contributed by atoms with Gasteiger partial charge in [-0.25, -0.2) is 9.97 Å². The second-order valence-corrected chi connectivity index (χ2v) is 2.78. The van der Waals surface area contributed by atoms with E-state index >= 15 is 0 Å². The van der Waals surface area contributed by atoms with Gasteiger partial charge in [0.25, 0.3) is 0 Å². The summed E-state index contributed by atoms with van der Waals surface area (Å²) in [5.41, 5.74) is 0. The number of aromatic amines is 2. The Morgan fingerprint density at radius 2 is 1.33 bits per heavy atom. The van der Waals surface area contributed by atoms with Crippen LogP contribution in [0.25, 0.3) is 0 Å². The van der Waals surface area contributed by atoms with Crippen molar-refractivity contribution in [2.24, 2.45) is 0 Å². The molecule has 2 rings (SSSR count). The average Bonchev–Trinajstić information content (AvgIpc) is 2.92. The van der Waals surface area contributed by atoms with Crippen molar-refractivity contribution in [1.29, 1.82) is 0 Å². The molecule has 2 heterocycles. The molecule has 0 aromatic carbocycles. The van der Waals surface area contributed by atoms with Crippen LogP contribution < -0.4 is 0 Å². The molecule has 0 aliphatic rings. The van der Waals surface area contributed by atoms with E-state index in [1.54, 1.807) is 12.4 Å². The van der Waals surface area contributed by atoms with Gasteiger partial charge in [-0.3, -0.25) is 0 Å². The first-order valence-corrected chi connectivity index (χ1v) is 4.83. The van der Waals surface area contributed by atoms with Crippen LogP contribution in [0, 0.1) is 0 Å². The van der Waals surface area contributed by atoms with Crippen LogP contribution in [-0.2, 0) is 32.3 Å². The molecule has 0 fully saturated rings. The number of H-pyrrole nitrogens is 2. The topological polar surface area (TPSA) is 57.4 Å². The molecule has 0 atom stereocenters. The third-order valence-electron chi connectivity index (χ3n) is 1.78. The van der Waals surface area contributed by atoms with Crippen LogP contribution in [0.3, 0.4) is 0 Å². The van der Waals surface area contributed by atoms with Gasteiger partial charge in [0.1, 0.15) is 11.6 Å². The zero-order valence-electron chi connectivity index (χ0n) is 9.33. The SMILES string of the molecule is CCc1ncc[nH]1.CCc1ncc[nH]1.[Zn+2]. The minimum absolute atomic E-state index is 0.